The number of aliphatic carboxylic acids is 1. The molecule has 0 rings (SSSR count). The molecule has 0 saturated heterocycles. The van der Waals surface area contributed by atoms with Crippen LogP contribution in [0.4, 0.5) is 0 Å². The molecule has 0 spiro atoms. The lowest BCUT2D eigenvalue weighted by Crippen LogP contribution is -2.58. The second-order valence-corrected chi connectivity index (χ2v) is 6.90. The van der Waals surface area contributed by atoms with Crippen LogP contribution in [0, 0.1) is 0 Å². The number of thiol groups is 2. The Labute approximate surface area is 183 Å². The molecule has 30 heavy (non-hydrogen) atoms. The van der Waals surface area contributed by atoms with Gasteiger partial charge < -0.3 is 38.3 Å². The fraction of sp³-hybridized carbons (Fsp3) is 0.600. The number of hydrogen-bond acceptors (Lipinski definition) is 9. The topological polar surface area (TPSA) is 237 Å². The van der Waals surface area contributed by atoms with Gasteiger partial charge in [-0.05, 0) is 6.42 Å². The minimum atomic E-state index is -1.47. The summed E-state index contributed by atoms with van der Waals surface area (Å²) in [6.45, 7) is 0. The highest BCUT2D eigenvalue weighted by atomic mass is 32.1. The zero-order valence-electron chi connectivity index (χ0n) is 15.9. The molecule has 0 aromatic heterocycles. The van der Waals surface area contributed by atoms with Crippen LogP contribution in [0.3, 0.4) is 0 Å². The first-order valence-electron chi connectivity index (χ1n) is 8.60. The van der Waals surface area contributed by atoms with E-state index in [0.717, 1.165) is 0 Å². The Balaban J connectivity index is 5.16. The van der Waals surface area contributed by atoms with Gasteiger partial charge in [-0.25, -0.2) is 4.79 Å². The molecule has 4 unspecified atom stereocenters. The van der Waals surface area contributed by atoms with Crippen molar-refractivity contribution in [1.29, 1.82) is 0 Å². The van der Waals surface area contributed by atoms with Gasteiger partial charge in [0.25, 0.3) is 0 Å². The SMILES string of the molecule is NC(=O)CCC(N)C(=O)NC(CC(N)=O)C(=O)NC(CS)C(=O)NC(CS)C(=O)O. The maximum absolute atomic E-state index is 12.5. The Morgan fingerprint density at radius 2 is 1.23 bits per heavy atom. The zero-order chi connectivity index (χ0) is 23.4. The van der Waals surface area contributed by atoms with Gasteiger partial charge in [0.15, 0.2) is 0 Å². The zero-order valence-corrected chi connectivity index (χ0v) is 17.7. The molecule has 0 aromatic carbocycles. The van der Waals surface area contributed by atoms with E-state index in [-0.39, 0.29) is 24.3 Å². The summed E-state index contributed by atoms with van der Waals surface area (Å²) >= 11 is 7.75. The van der Waals surface area contributed by atoms with Crippen molar-refractivity contribution < 1.29 is 33.9 Å². The largest absolute Gasteiger partial charge is 0.480 e. The average Bonchev–Trinajstić information content (AvgIpc) is 2.66. The van der Waals surface area contributed by atoms with Crippen LogP contribution in [0.5, 0.6) is 0 Å². The molecule has 13 nitrogen and oxygen atoms in total. The maximum Gasteiger partial charge on any atom is 0.327 e. The van der Waals surface area contributed by atoms with Crippen LogP contribution in [0.15, 0.2) is 0 Å². The van der Waals surface area contributed by atoms with Crippen molar-refractivity contribution in [1.82, 2.24) is 16.0 Å². The number of amides is 5. The monoisotopic (exact) mass is 466 g/mol. The molecule has 0 aliphatic carbocycles. The van der Waals surface area contributed by atoms with E-state index < -0.39 is 66.1 Å². The highest BCUT2D eigenvalue weighted by Gasteiger charge is 2.30. The van der Waals surface area contributed by atoms with E-state index in [1.54, 1.807) is 0 Å². The molecule has 0 aliphatic heterocycles. The number of hydrogen-bond donors (Lipinski definition) is 9. The number of nitrogens with one attached hydrogen (secondary N) is 3. The van der Waals surface area contributed by atoms with Gasteiger partial charge in [-0.15, -0.1) is 0 Å². The molecule has 0 saturated carbocycles. The molecule has 10 N–H and O–H groups in total. The van der Waals surface area contributed by atoms with Gasteiger partial charge in [-0.3, -0.25) is 24.0 Å². The summed E-state index contributed by atoms with van der Waals surface area (Å²) in [7, 11) is 0. The fourth-order valence-corrected chi connectivity index (χ4v) is 2.55. The molecule has 15 heteroatoms. The van der Waals surface area contributed by atoms with Gasteiger partial charge >= 0.3 is 5.97 Å². The molecule has 0 aliphatic rings. The maximum atomic E-state index is 12.5. The second-order valence-electron chi connectivity index (χ2n) is 6.17. The average molecular weight is 467 g/mol. The summed E-state index contributed by atoms with van der Waals surface area (Å²) in [5.74, 6) is -5.98. The van der Waals surface area contributed by atoms with E-state index >= 15 is 0 Å². The van der Waals surface area contributed by atoms with Crippen molar-refractivity contribution in [2.24, 2.45) is 17.2 Å². The molecule has 0 bridgehead atoms. The van der Waals surface area contributed by atoms with E-state index in [0.29, 0.717) is 0 Å². The molecule has 0 radical (unpaired) electrons. The van der Waals surface area contributed by atoms with Crippen molar-refractivity contribution in [2.75, 3.05) is 11.5 Å². The summed E-state index contributed by atoms with van der Waals surface area (Å²) in [6.07, 6.45) is -0.859. The summed E-state index contributed by atoms with van der Waals surface area (Å²) in [5, 5.41) is 15.6. The van der Waals surface area contributed by atoms with Gasteiger partial charge in [0.1, 0.15) is 18.1 Å². The third-order valence-corrected chi connectivity index (χ3v) is 4.42. The van der Waals surface area contributed by atoms with E-state index in [9.17, 15) is 28.8 Å². The van der Waals surface area contributed by atoms with Crippen molar-refractivity contribution in [3.8, 4) is 0 Å². The van der Waals surface area contributed by atoms with Crippen molar-refractivity contribution in [2.45, 2.75) is 43.4 Å². The second kappa shape index (κ2) is 13.7. The highest BCUT2D eigenvalue weighted by Crippen LogP contribution is 2.00. The minimum Gasteiger partial charge on any atom is -0.480 e. The molecule has 0 fully saturated rings. The standard InChI is InChI=1S/C15H26N6O7S2/c16-6(1-2-10(17)22)12(24)19-7(3-11(18)23)13(25)20-8(4-29)14(26)21-9(5-30)15(27)28/h6-9,29-30H,1-5,16H2,(H2,17,22)(H2,18,23)(H,19,24)(H,20,25)(H,21,26)(H,27,28). The fourth-order valence-electron chi connectivity index (χ4n) is 2.04. The molecule has 170 valence electrons. The number of carboxylic acid groups (broad SMARTS) is 1. The molecular weight excluding hydrogens is 440 g/mol. The summed E-state index contributed by atoms with van der Waals surface area (Å²) < 4.78 is 0. The van der Waals surface area contributed by atoms with Crippen molar-refractivity contribution in [3.05, 3.63) is 0 Å². The lowest BCUT2D eigenvalue weighted by Gasteiger charge is -2.23. The van der Waals surface area contributed by atoms with Crippen LogP contribution in [-0.2, 0) is 28.8 Å². The third kappa shape index (κ3) is 10.3. The molecular formula is C15H26N6O7S2. The predicted molar refractivity (Wildman–Crippen MR) is 111 cm³/mol. The number of nitrogens with two attached hydrogens (primary N) is 3. The predicted octanol–water partition coefficient (Wildman–Crippen LogP) is -4.15. The molecule has 5 amide bonds. The summed E-state index contributed by atoms with van der Waals surface area (Å²) in [6, 6.07) is -5.23. The highest BCUT2D eigenvalue weighted by molar-refractivity contribution is 7.80. The smallest absolute Gasteiger partial charge is 0.327 e. The van der Waals surface area contributed by atoms with Crippen LogP contribution in [0.1, 0.15) is 19.3 Å². The Kier molecular flexibility index (Phi) is 12.5. The van der Waals surface area contributed by atoms with E-state index in [1.165, 1.54) is 0 Å². The quantitative estimate of drug-likeness (QED) is 0.114. The van der Waals surface area contributed by atoms with E-state index in [4.69, 9.17) is 22.3 Å². The van der Waals surface area contributed by atoms with Crippen LogP contribution in [0.25, 0.3) is 0 Å². The molecule has 4 atom stereocenters. The molecule has 0 aromatic rings. The van der Waals surface area contributed by atoms with Gasteiger partial charge in [-0.1, -0.05) is 0 Å². The third-order valence-electron chi connectivity index (χ3n) is 3.69. The van der Waals surface area contributed by atoms with E-state index in [1.807, 2.05) is 0 Å². The van der Waals surface area contributed by atoms with Gasteiger partial charge in [-0.2, -0.15) is 25.3 Å². The molecule has 0 heterocycles. The van der Waals surface area contributed by atoms with Gasteiger partial charge in [0, 0.05) is 17.9 Å². The van der Waals surface area contributed by atoms with Gasteiger partial charge in [0.2, 0.25) is 29.5 Å². The Morgan fingerprint density at radius 3 is 1.67 bits per heavy atom. The van der Waals surface area contributed by atoms with Crippen LogP contribution < -0.4 is 33.2 Å². The summed E-state index contributed by atoms with van der Waals surface area (Å²) in [4.78, 5) is 69.8. The number of carbonyl (C=O) groups is 6. The van der Waals surface area contributed by atoms with Crippen molar-refractivity contribution >= 4 is 60.8 Å². The Morgan fingerprint density at radius 1 is 0.767 bits per heavy atom. The minimum absolute atomic E-state index is 0.0892. The number of carboxylic acids is 1. The first-order chi connectivity index (χ1) is 13.9. The Bertz CT molecular complexity index is 678. The summed E-state index contributed by atoms with van der Waals surface area (Å²) in [5.41, 5.74) is 15.7. The van der Waals surface area contributed by atoms with Crippen LogP contribution >= 0.6 is 25.3 Å². The van der Waals surface area contributed by atoms with Crippen LogP contribution in [-0.4, -0.2) is 76.3 Å². The normalized spacial score (nSPS) is 14.5. The Hall–Kier alpha value is -2.52. The van der Waals surface area contributed by atoms with E-state index in [2.05, 4.69) is 41.2 Å². The number of primary amides is 2. The number of carbonyl (C=O) groups excluding carboxylic acids is 5. The van der Waals surface area contributed by atoms with Crippen molar-refractivity contribution in [3.63, 3.8) is 0 Å². The lowest BCUT2D eigenvalue weighted by atomic mass is 10.1. The number of rotatable bonds is 14. The first-order valence-corrected chi connectivity index (χ1v) is 9.87. The first kappa shape index (κ1) is 27.5. The lowest BCUT2D eigenvalue weighted by molar-refractivity contribution is -0.141. The van der Waals surface area contributed by atoms with Crippen LogP contribution in [0.2, 0.25) is 0 Å². The van der Waals surface area contributed by atoms with Gasteiger partial charge in [0.05, 0.1) is 12.5 Å².